The van der Waals surface area contributed by atoms with Crippen LogP contribution in [0.4, 0.5) is 4.79 Å². The molecule has 2 aliphatic heterocycles. The van der Waals surface area contributed by atoms with Gasteiger partial charge in [-0.15, -0.1) is 0 Å². The highest BCUT2D eigenvalue weighted by Gasteiger charge is 2.45. The van der Waals surface area contributed by atoms with Crippen LogP contribution in [0.15, 0.2) is 54.6 Å². The molecule has 31 heavy (non-hydrogen) atoms. The van der Waals surface area contributed by atoms with Crippen molar-refractivity contribution in [1.82, 2.24) is 9.80 Å². The Bertz CT molecular complexity index is 890. The van der Waals surface area contributed by atoms with Gasteiger partial charge in [-0.2, -0.15) is 0 Å². The molecule has 7 heteroatoms. The molecule has 1 unspecified atom stereocenters. The van der Waals surface area contributed by atoms with E-state index in [0.717, 1.165) is 25.2 Å². The molecular weight excluding hydrogens is 416 g/mol. The van der Waals surface area contributed by atoms with Crippen molar-refractivity contribution in [2.24, 2.45) is 11.8 Å². The maximum Gasteiger partial charge on any atom is 0.410 e. The summed E-state index contributed by atoms with van der Waals surface area (Å²) in [6.45, 7) is 5.91. The third-order valence-electron chi connectivity index (χ3n) is 6.06. The molecule has 0 aromatic heterocycles. The van der Waals surface area contributed by atoms with Crippen LogP contribution in [0.2, 0.25) is 5.02 Å². The Morgan fingerprint density at radius 3 is 2.23 bits per heavy atom. The summed E-state index contributed by atoms with van der Waals surface area (Å²) in [5, 5.41) is 0.578. The summed E-state index contributed by atoms with van der Waals surface area (Å²) in [6, 6.07) is 16.4. The number of piperidine rings is 2. The summed E-state index contributed by atoms with van der Waals surface area (Å²) in [7, 11) is 0. The van der Waals surface area contributed by atoms with Crippen LogP contribution in [0, 0.1) is 11.8 Å². The molecule has 2 heterocycles. The number of carbonyl (C=O) groups is 2. The zero-order valence-corrected chi connectivity index (χ0v) is 18.3. The number of esters is 1. The minimum Gasteiger partial charge on any atom is -0.458 e. The van der Waals surface area contributed by atoms with E-state index in [-0.39, 0.29) is 36.6 Å². The number of halogens is 1. The highest BCUT2D eigenvalue weighted by molar-refractivity contribution is 6.30. The molecular formula is C24H27ClN2O4. The number of carbonyl (C=O) groups excluding carboxylic acids is 2. The topological polar surface area (TPSA) is 59.1 Å². The van der Waals surface area contributed by atoms with Gasteiger partial charge in [-0.3, -0.25) is 0 Å². The molecule has 164 valence electrons. The largest absolute Gasteiger partial charge is 0.458 e. The van der Waals surface area contributed by atoms with Gasteiger partial charge in [-0.1, -0.05) is 48.9 Å². The van der Waals surface area contributed by atoms with Gasteiger partial charge in [0.2, 0.25) is 0 Å². The third kappa shape index (κ3) is 5.20. The highest BCUT2D eigenvalue weighted by Crippen LogP contribution is 2.32. The minimum atomic E-state index is -0.346. The van der Waals surface area contributed by atoms with Gasteiger partial charge in [0.15, 0.2) is 0 Å². The Morgan fingerprint density at radius 2 is 1.61 bits per heavy atom. The standard InChI is InChI=1S/C24H27ClN2O4/c1-2-26-12-19-14-27(24(29)30-16-17-6-4-3-5-7-17)15-20(13-26)22(19)31-23(28)18-8-10-21(25)11-9-18/h3-11,19-20,22H,2,12-16H2,1H3/t19-,20+,22?. The van der Waals surface area contributed by atoms with Crippen molar-refractivity contribution in [3.05, 3.63) is 70.7 Å². The minimum absolute atomic E-state index is 0.0491. The number of ether oxygens (including phenoxy) is 2. The Labute approximate surface area is 187 Å². The number of hydrogen-bond donors (Lipinski definition) is 0. The molecule has 0 aliphatic carbocycles. The second kappa shape index (κ2) is 9.71. The number of fused-ring (bicyclic) bond motifs is 2. The molecule has 2 saturated heterocycles. The summed E-state index contributed by atoms with van der Waals surface area (Å²) in [4.78, 5) is 29.5. The molecule has 2 aromatic rings. The lowest BCUT2D eigenvalue weighted by atomic mass is 9.81. The Morgan fingerprint density at radius 1 is 0.968 bits per heavy atom. The van der Waals surface area contributed by atoms with Gasteiger partial charge in [0.25, 0.3) is 0 Å². The van der Waals surface area contributed by atoms with E-state index in [1.54, 1.807) is 29.2 Å². The average molecular weight is 443 g/mol. The molecule has 2 fully saturated rings. The van der Waals surface area contributed by atoms with Crippen LogP contribution in [-0.4, -0.2) is 60.7 Å². The fraction of sp³-hybridized carbons (Fsp3) is 0.417. The van der Waals surface area contributed by atoms with Gasteiger partial charge in [0, 0.05) is 43.0 Å². The summed E-state index contributed by atoms with van der Waals surface area (Å²) in [5.41, 5.74) is 1.44. The summed E-state index contributed by atoms with van der Waals surface area (Å²) in [5.74, 6) is -0.248. The maximum absolute atomic E-state index is 12.7. The van der Waals surface area contributed by atoms with Gasteiger partial charge >= 0.3 is 12.1 Å². The fourth-order valence-corrected chi connectivity index (χ4v) is 4.61. The van der Waals surface area contributed by atoms with E-state index in [0.29, 0.717) is 23.7 Å². The second-order valence-corrected chi connectivity index (χ2v) is 8.63. The van der Waals surface area contributed by atoms with Crippen molar-refractivity contribution in [2.45, 2.75) is 19.6 Å². The Balaban J connectivity index is 1.41. The Kier molecular flexibility index (Phi) is 6.78. The van der Waals surface area contributed by atoms with Crippen molar-refractivity contribution < 1.29 is 19.1 Å². The zero-order chi connectivity index (χ0) is 21.8. The first-order valence-electron chi connectivity index (χ1n) is 10.7. The molecule has 2 aromatic carbocycles. The quantitative estimate of drug-likeness (QED) is 0.653. The molecule has 3 atom stereocenters. The predicted octanol–water partition coefficient (Wildman–Crippen LogP) is 4.09. The number of amides is 1. The monoisotopic (exact) mass is 442 g/mol. The van der Waals surface area contributed by atoms with Crippen LogP contribution >= 0.6 is 11.6 Å². The van der Waals surface area contributed by atoms with Crippen LogP contribution < -0.4 is 0 Å². The number of likely N-dealkylation sites (tertiary alicyclic amines) is 2. The third-order valence-corrected chi connectivity index (χ3v) is 6.31. The lowest BCUT2D eigenvalue weighted by molar-refractivity contribution is -0.0843. The van der Waals surface area contributed by atoms with Crippen LogP contribution in [0.5, 0.6) is 0 Å². The number of nitrogens with zero attached hydrogens (tertiary/aromatic N) is 2. The van der Waals surface area contributed by atoms with Gasteiger partial charge in [0.1, 0.15) is 12.7 Å². The van der Waals surface area contributed by atoms with E-state index < -0.39 is 0 Å². The molecule has 0 saturated carbocycles. The van der Waals surface area contributed by atoms with Crippen molar-refractivity contribution in [2.75, 3.05) is 32.7 Å². The summed E-state index contributed by atoms with van der Waals surface area (Å²) in [6.07, 6.45) is -0.532. The molecule has 1 amide bonds. The second-order valence-electron chi connectivity index (χ2n) is 8.19. The van der Waals surface area contributed by atoms with Crippen LogP contribution in [0.1, 0.15) is 22.8 Å². The molecule has 4 rings (SSSR count). The van der Waals surface area contributed by atoms with Gasteiger partial charge in [-0.05, 0) is 36.4 Å². The molecule has 6 nitrogen and oxygen atoms in total. The zero-order valence-electron chi connectivity index (χ0n) is 17.6. The lowest BCUT2D eigenvalue weighted by Gasteiger charge is -2.49. The lowest BCUT2D eigenvalue weighted by Crippen LogP contribution is -2.62. The fourth-order valence-electron chi connectivity index (χ4n) is 4.48. The van der Waals surface area contributed by atoms with Gasteiger partial charge in [0.05, 0.1) is 5.56 Å². The highest BCUT2D eigenvalue weighted by atomic mass is 35.5. The van der Waals surface area contributed by atoms with E-state index in [1.165, 1.54) is 0 Å². The van der Waals surface area contributed by atoms with E-state index in [1.807, 2.05) is 30.3 Å². The molecule has 2 bridgehead atoms. The van der Waals surface area contributed by atoms with Crippen molar-refractivity contribution in [3.8, 4) is 0 Å². The number of hydrogen-bond acceptors (Lipinski definition) is 5. The average Bonchev–Trinajstić information content (AvgIpc) is 2.78. The SMILES string of the molecule is CCN1C[C@@H]2CN(C(=O)OCc3ccccc3)C[C@H](C1)C2OC(=O)c1ccc(Cl)cc1. The Hall–Kier alpha value is -2.57. The first-order valence-corrected chi connectivity index (χ1v) is 11.1. The van der Waals surface area contributed by atoms with Crippen molar-refractivity contribution in [1.29, 1.82) is 0 Å². The molecule has 0 N–H and O–H groups in total. The molecule has 0 radical (unpaired) electrons. The number of benzene rings is 2. The van der Waals surface area contributed by atoms with Gasteiger partial charge < -0.3 is 19.3 Å². The number of rotatable bonds is 5. The van der Waals surface area contributed by atoms with Crippen LogP contribution in [0.25, 0.3) is 0 Å². The van der Waals surface area contributed by atoms with E-state index >= 15 is 0 Å². The van der Waals surface area contributed by atoms with Gasteiger partial charge in [-0.25, -0.2) is 9.59 Å². The summed E-state index contributed by atoms with van der Waals surface area (Å²) >= 11 is 5.92. The van der Waals surface area contributed by atoms with Crippen LogP contribution in [-0.2, 0) is 16.1 Å². The van der Waals surface area contributed by atoms with E-state index in [9.17, 15) is 9.59 Å². The van der Waals surface area contributed by atoms with Crippen molar-refractivity contribution in [3.63, 3.8) is 0 Å². The predicted molar refractivity (Wildman–Crippen MR) is 118 cm³/mol. The molecule has 0 spiro atoms. The maximum atomic E-state index is 12.7. The first kappa shape index (κ1) is 21.7. The normalized spacial score (nSPS) is 23.3. The van der Waals surface area contributed by atoms with E-state index in [2.05, 4.69) is 11.8 Å². The van der Waals surface area contributed by atoms with Crippen molar-refractivity contribution >= 4 is 23.7 Å². The summed E-state index contributed by atoms with van der Waals surface area (Å²) < 4.78 is 11.5. The molecule has 2 aliphatic rings. The van der Waals surface area contributed by atoms with Crippen LogP contribution in [0.3, 0.4) is 0 Å². The first-order chi connectivity index (χ1) is 15.0. The van der Waals surface area contributed by atoms with E-state index in [4.69, 9.17) is 21.1 Å². The smallest absolute Gasteiger partial charge is 0.410 e.